The van der Waals surface area contributed by atoms with E-state index in [1.165, 1.54) is 64.2 Å². The van der Waals surface area contributed by atoms with E-state index in [0.717, 1.165) is 37.1 Å². The van der Waals surface area contributed by atoms with Gasteiger partial charge in [0.2, 0.25) is 11.8 Å². The highest BCUT2D eigenvalue weighted by atomic mass is 16.2. The van der Waals surface area contributed by atoms with Gasteiger partial charge in [0.05, 0.1) is 0 Å². The fourth-order valence-corrected chi connectivity index (χ4v) is 11.7. The lowest BCUT2D eigenvalue weighted by atomic mass is 9.48. The molecular formula is C30H44N2O2. The maximum atomic E-state index is 13.7. The minimum Gasteiger partial charge on any atom is -0.355 e. The number of fused-ring (bicyclic) bond motifs is 5. The molecule has 2 amide bonds. The van der Waals surface area contributed by atoms with E-state index in [9.17, 15) is 9.59 Å². The van der Waals surface area contributed by atoms with Crippen LogP contribution in [-0.2, 0) is 9.59 Å². The molecule has 8 aliphatic rings. The van der Waals surface area contributed by atoms with Crippen molar-refractivity contribution >= 4 is 11.8 Å². The first-order valence-corrected chi connectivity index (χ1v) is 14.6. The zero-order valence-electron chi connectivity index (χ0n) is 21.3. The SMILES string of the molecule is C[C@]12C=CC(=O)NC1CC[C@@H]1[C@H]2CC[C@]2(C)C(C(=O)NCC34CC5CC(CC(C5)C3)C4)CC[C@@H]12. The maximum absolute atomic E-state index is 13.7. The van der Waals surface area contributed by atoms with Crippen LogP contribution in [-0.4, -0.2) is 24.4 Å². The average molecular weight is 465 g/mol. The molecule has 0 radical (unpaired) electrons. The van der Waals surface area contributed by atoms with Crippen LogP contribution in [0.2, 0.25) is 0 Å². The van der Waals surface area contributed by atoms with Crippen molar-refractivity contribution in [1.29, 1.82) is 0 Å². The van der Waals surface area contributed by atoms with E-state index in [-0.39, 0.29) is 28.7 Å². The lowest BCUT2D eigenvalue weighted by Crippen LogP contribution is -2.59. The van der Waals surface area contributed by atoms with Gasteiger partial charge >= 0.3 is 0 Å². The molecule has 8 rings (SSSR count). The minimum absolute atomic E-state index is 0.0804. The predicted molar refractivity (Wildman–Crippen MR) is 133 cm³/mol. The number of carbonyl (C=O) groups is 2. The first-order valence-electron chi connectivity index (χ1n) is 14.6. The second-order valence-corrected chi connectivity index (χ2v) is 14.5. The van der Waals surface area contributed by atoms with Gasteiger partial charge in [-0.3, -0.25) is 9.59 Å². The number of carbonyl (C=O) groups excluding carboxylic acids is 2. The van der Waals surface area contributed by atoms with E-state index < -0.39 is 0 Å². The van der Waals surface area contributed by atoms with E-state index in [1.807, 2.05) is 0 Å². The molecule has 0 saturated heterocycles. The summed E-state index contributed by atoms with van der Waals surface area (Å²) in [5.41, 5.74) is 0.653. The average Bonchev–Trinajstić information content (AvgIpc) is 3.14. The van der Waals surface area contributed by atoms with Crippen molar-refractivity contribution in [2.45, 2.75) is 96.9 Å². The van der Waals surface area contributed by atoms with Crippen LogP contribution in [0.3, 0.4) is 0 Å². The van der Waals surface area contributed by atoms with Gasteiger partial charge in [-0.05, 0) is 129 Å². The number of hydrogen-bond donors (Lipinski definition) is 2. The molecule has 7 saturated carbocycles. The van der Waals surface area contributed by atoms with E-state index in [1.54, 1.807) is 6.08 Å². The molecule has 7 fully saturated rings. The summed E-state index contributed by atoms with van der Waals surface area (Å²) in [5, 5.41) is 6.84. The highest BCUT2D eigenvalue weighted by Gasteiger charge is 2.61. The molecule has 1 aliphatic heterocycles. The molecule has 2 unspecified atom stereocenters. The summed E-state index contributed by atoms with van der Waals surface area (Å²) in [4.78, 5) is 25.7. The molecule has 4 nitrogen and oxygen atoms in total. The fourth-order valence-electron chi connectivity index (χ4n) is 11.7. The van der Waals surface area contributed by atoms with Gasteiger partial charge in [-0.15, -0.1) is 0 Å². The van der Waals surface area contributed by atoms with Gasteiger partial charge in [0, 0.05) is 23.9 Å². The van der Waals surface area contributed by atoms with Crippen LogP contribution in [0.25, 0.3) is 0 Å². The lowest BCUT2D eigenvalue weighted by Gasteiger charge is -2.59. The summed E-state index contributed by atoms with van der Waals surface area (Å²) >= 11 is 0. The Labute approximate surface area is 205 Å². The molecule has 2 N–H and O–H groups in total. The number of amides is 2. The molecule has 7 aliphatic carbocycles. The standard InChI is InChI=1S/C30H44N2O2/c1-28-9-7-23-21(3-6-25-29(23,2)10-8-26(33)32-25)22(28)4-5-24(28)27(34)31-17-30-14-18-11-19(15-30)13-20(12-18)16-30/h8,10,18-25H,3-7,9,11-17H2,1-2H3,(H,31,34)(H,32,33)/t18?,19?,20?,21-,22-,23+,24?,25?,28-,29+,30?/m0/s1. The van der Waals surface area contributed by atoms with Crippen molar-refractivity contribution in [3.63, 3.8) is 0 Å². The van der Waals surface area contributed by atoms with Gasteiger partial charge in [-0.2, -0.15) is 0 Å². The molecule has 186 valence electrons. The quantitative estimate of drug-likeness (QED) is 0.601. The van der Waals surface area contributed by atoms with Crippen molar-refractivity contribution in [3.05, 3.63) is 12.2 Å². The molecule has 4 heteroatoms. The summed E-state index contributed by atoms with van der Waals surface area (Å²) in [7, 11) is 0. The van der Waals surface area contributed by atoms with Crippen LogP contribution in [0.5, 0.6) is 0 Å². The lowest BCUT2D eigenvalue weighted by molar-refractivity contribution is -0.135. The summed E-state index contributed by atoms with van der Waals surface area (Å²) in [6, 6.07) is 0.288. The van der Waals surface area contributed by atoms with Crippen molar-refractivity contribution in [1.82, 2.24) is 10.6 Å². The zero-order valence-corrected chi connectivity index (χ0v) is 21.3. The van der Waals surface area contributed by atoms with Crippen molar-refractivity contribution in [2.75, 3.05) is 6.54 Å². The van der Waals surface area contributed by atoms with Crippen molar-refractivity contribution < 1.29 is 9.59 Å². The van der Waals surface area contributed by atoms with Crippen molar-refractivity contribution in [2.24, 2.45) is 57.7 Å². The molecule has 0 aromatic heterocycles. The van der Waals surface area contributed by atoms with E-state index in [4.69, 9.17) is 0 Å². The predicted octanol–water partition coefficient (Wildman–Crippen LogP) is 5.23. The Balaban J connectivity index is 1.06. The number of nitrogens with one attached hydrogen (secondary N) is 2. The van der Waals surface area contributed by atoms with Gasteiger partial charge in [0.25, 0.3) is 0 Å². The van der Waals surface area contributed by atoms with Gasteiger partial charge in [-0.25, -0.2) is 0 Å². The molecule has 0 spiro atoms. The minimum atomic E-state index is 0.0804. The third kappa shape index (κ3) is 3.08. The second-order valence-electron chi connectivity index (χ2n) is 14.5. The van der Waals surface area contributed by atoms with Gasteiger partial charge in [0.15, 0.2) is 0 Å². The largest absolute Gasteiger partial charge is 0.355 e. The fraction of sp³-hybridized carbons (Fsp3) is 0.867. The Kier molecular flexibility index (Phi) is 4.74. The van der Waals surface area contributed by atoms with E-state index in [0.29, 0.717) is 29.1 Å². The second kappa shape index (κ2) is 7.35. The third-order valence-electron chi connectivity index (χ3n) is 12.8. The number of hydrogen-bond acceptors (Lipinski definition) is 2. The monoisotopic (exact) mass is 464 g/mol. The number of rotatable bonds is 3. The molecule has 7 atom stereocenters. The third-order valence-corrected chi connectivity index (χ3v) is 12.8. The summed E-state index contributed by atoms with van der Waals surface area (Å²) in [6.07, 6.45) is 19.5. The summed E-state index contributed by atoms with van der Waals surface area (Å²) in [5.74, 6) is 5.48. The Morgan fingerprint density at radius 2 is 1.68 bits per heavy atom. The van der Waals surface area contributed by atoms with E-state index in [2.05, 4.69) is 30.6 Å². The smallest absolute Gasteiger partial charge is 0.243 e. The normalized spacial score (nSPS) is 54.7. The highest BCUT2D eigenvalue weighted by molar-refractivity contribution is 5.89. The van der Waals surface area contributed by atoms with Crippen LogP contribution in [0, 0.1) is 57.7 Å². The van der Waals surface area contributed by atoms with Crippen LogP contribution < -0.4 is 10.6 Å². The maximum Gasteiger partial charge on any atom is 0.243 e. The zero-order chi connectivity index (χ0) is 23.3. The van der Waals surface area contributed by atoms with E-state index >= 15 is 0 Å². The Hall–Kier alpha value is -1.32. The first kappa shape index (κ1) is 21.9. The Bertz CT molecular complexity index is 889. The van der Waals surface area contributed by atoms with Gasteiger partial charge in [-0.1, -0.05) is 19.9 Å². The van der Waals surface area contributed by atoms with Crippen molar-refractivity contribution in [3.8, 4) is 0 Å². The van der Waals surface area contributed by atoms with Crippen LogP contribution >= 0.6 is 0 Å². The highest BCUT2D eigenvalue weighted by Crippen LogP contribution is 2.65. The molecular weight excluding hydrogens is 420 g/mol. The molecule has 0 aromatic rings. The Morgan fingerprint density at radius 1 is 0.971 bits per heavy atom. The molecule has 34 heavy (non-hydrogen) atoms. The topological polar surface area (TPSA) is 58.2 Å². The first-order chi connectivity index (χ1) is 16.3. The van der Waals surface area contributed by atoms with Crippen LogP contribution in [0.4, 0.5) is 0 Å². The van der Waals surface area contributed by atoms with Crippen LogP contribution in [0.15, 0.2) is 12.2 Å². The molecule has 0 aromatic carbocycles. The van der Waals surface area contributed by atoms with Crippen LogP contribution in [0.1, 0.15) is 90.9 Å². The summed E-state index contributed by atoms with van der Waals surface area (Å²) < 4.78 is 0. The summed E-state index contributed by atoms with van der Waals surface area (Å²) in [6.45, 7) is 5.79. The van der Waals surface area contributed by atoms with Gasteiger partial charge < -0.3 is 10.6 Å². The molecule has 4 bridgehead atoms. The van der Waals surface area contributed by atoms with Gasteiger partial charge in [0.1, 0.15) is 0 Å². The molecule has 1 heterocycles. The Morgan fingerprint density at radius 3 is 2.38 bits per heavy atom.